The standard InChI is InChI=1S/C21H20FNO4/c1-26-19-18(15-8-10-17(22)11-9-15)23(20(19)24)13-16(21(25)27-2)12-14-6-4-3-5-7-14/h3-12,18-19H,13H2,1-2H3/b16-12+/t18-,19+/m1/s1. The van der Waals surface area contributed by atoms with Crippen molar-refractivity contribution in [1.82, 2.24) is 4.90 Å². The number of nitrogens with zero attached hydrogens (tertiary/aromatic N) is 1. The highest BCUT2D eigenvalue weighted by Crippen LogP contribution is 2.37. The smallest absolute Gasteiger partial charge is 0.335 e. The summed E-state index contributed by atoms with van der Waals surface area (Å²) in [5, 5.41) is 0. The predicted molar refractivity (Wildman–Crippen MR) is 98.1 cm³/mol. The van der Waals surface area contributed by atoms with Crippen LogP contribution in [0, 0.1) is 5.82 Å². The molecule has 1 aliphatic heterocycles. The minimum absolute atomic E-state index is 0.0717. The van der Waals surface area contributed by atoms with Gasteiger partial charge in [0.2, 0.25) is 0 Å². The second kappa shape index (κ2) is 8.14. The van der Waals surface area contributed by atoms with E-state index in [0.717, 1.165) is 11.1 Å². The van der Waals surface area contributed by atoms with E-state index in [1.165, 1.54) is 31.3 Å². The summed E-state index contributed by atoms with van der Waals surface area (Å²) in [5.41, 5.74) is 1.91. The third kappa shape index (κ3) is 3.90. The fraction of sp³-hybridized carbons (Fsp3) is 0.238. The lowest BCUT2D eigenvalue weighted by Gasteiger charge is -2.46. The van der Waals surface area contributed by atoms with Crippen LogP contribution in [-0.2, 0) is 19.1 Å². The number of benzene rings is 2. The highest BCUT2D eigenvalue weighted by molar-refractivity contribution is 5.96. The van der Waals surface area contributed by atoms with E-state index < -0.39 is 18.1 Å². The average molecular weight is 369 g/mol. The van der Waals surface area contributed by atoms with Crippen LogP contribution in [-0.4, -0.2) is 43.6 Å². The zero-order valence-corrected chi connectivity index (χ0v) is 15.1. The number of carbonyl (C=O) groups excluding carboxylic acids is 2. The summed E-state index contributed by atoms with van der Waals surface area (Å²) in [6.07, 6.45) is 1.03. The average Bonchev–Trinajstić information content (AvgIpc) is 2.70. The second-order valence-electron chi connectivity index (χ2n) is 6.19. The van der Waals surface area contributed by atoms with Gasteiger partial charge in [-0.25, -0.2) is 9.18 Å². The molecule has 1 aliphatic rings. The maximum Gasteiger partial charge on any atom is 0.335 e. The molecular formula is C21H20FNO4. The van der Waals surface area contributed by atoms with E-state index in [9.17, 15) is 14.0 Å². The monoisotopic (exact) mass is 369 g/mol. The first kappa shape index (κ1) is 18.8. The molecule has 27 heavy (non-hydrogen) atoms. The molecule has 1 amide bonds. The highest BCUT2D eigenvalue weighted by atomic mass is 19.1. The zero-order chi connectivity index (χ0) is 19.4. The van der Waals surface area contributed by atoms with Gasteiger partial charge >= 0.3 is 5.97 Å². The van der Waals surface area contributed by atoms with Gasteiger partial charge in [-0.2, -0.15) is 0 Å². The number of methoxy groups -OCH3 is 2. The summed E-state index contributed by atoms with van der Waals surface area (Å²) in [6, 6.07) is 14.8. The summed E-state index contributed by atoms with van der Waals surface area (Å²) in [4.78, 5) is 26.3. The number of β-lactam (4-membered cyclic amide) rings is 1. The number of likely N-dealkylation sites (tertiary alicyclic amines) is 1. The number of hydrogen-bond donors (Lipinski definition) is 0. The van der Waals surface area contributed by atoms with Crippen molar-refractivity contribution < 1.29 is 23.5 Å². The Kier molecular flexibility index (Phi) is 5.66. The van der Waals surface area contributed by atoms with Gasteiger partial charge in [0, 0.05) is 7.11 Å². The highest BCUT2D eigenvalue weighted by Gasteiger charge is 2.49. The first-order chi connectivity index (χ1) is 13.0. The molecule has 0 unspecified atom stereocenters. The normalized spacial score (nSPS) is 19.6. The molecule has 2 aromatic carbocycles. The number of carbonyl (C=O) groups is 2. The summed E-state index contributed by atoms with van der Waals surface area (Å²) in [6.45, 7) is 0.0717. The van der Waals surface area contributed by atoms with Crippen molar-refractivity contribution in [2.75, 3.05) is 20.8 Å². The molecule has 0 bridgehead atoms. The van der Waals surface area contributed by atoms with E-state index >= 15 is 0 Å². The molecule has 1 heterocycles. The van der Waals surface area contributed by atoms with Crippen LogP contribution >= 0.6 is 0 Å². The van der Waals surface area contributed by atoms with Crippen LogP contribution in [0.1, 0.15) is 17.2 Å². The lowest BCUT2D eigenvalue weighted by Crippen LogP contribution is -2.60. The Balaban J connectivity index is 1.89. The van der Waals surface area contributed by atoms with Crippen LogP contribution in [0.2, 0.25) is 0 Å². The van der Waals surface area contributed by atoms with E-state index in [2.05, 4.69) is 0 Å². The minimum Gasteiger partial charge on any atom is -0.466 e. The van der Waals surface area contributed by atoms with Gasteiger partial charge in [-0.3, -0.25) is 4.79 Å². The van der Waals surface area contributed by atoms with Crippen LogP contribution in [0.3, 0.4) is 0 Å². The molecule has 0 saturated carbocycles. The molecule has 0 spiro atoms. The molecule has 0 N–H and O–H groups in total. The van der Waals surface area contributed by atoms with Gasteiger partial charge in [0.1, 0.15) is 5.82 Å². The van der Waals surface area contributed by atoms with E-state index in [1.54, 1.807) is 18.2 Å². The molecular weight excluding hydrogens is 349 g/mol. The van der Waals surface area contributed by atoms with Crippen molar-refractivity contribution >= 4 is 18.0 Å². The molecule has 0 radical (unpaired) electrons. The summed E-state index contributed by atoms with van der Waals surface area (Å²) in [7, 11) is 2.76. The Bertz CT molecular complexity index is 848. The Labute approximate surface area is 157 Å². The third-order valence-corrected chi connectivity index (χ3v) is 4.54. The number of amides is 1. The quantitative estimate of drug-likeness (QED) is 0.446. The largest absolute Gasteiger partial charge is 0.466 e. The number of ether oxygens (including phenoxy) is 2. The Morgan fingerprint density at radius 1 is 1.11 bits per heavy atom. The van der Waals surface area contributed by atoms with E-state index in [1.807, 2.05) is 30.3 Å². The SMILES string of the molecule is COC(=O)/C(=C/c1ccccc1)CN1C(=O)[C@@H](OC)[C@H]1c1ccc(F)cc1. The maximum atomic E-state index is 13.2. The first-order valence-corrected chi connectivity index (χ1v) is 8.48. The van der Waals surface area contributed by atoms with Crippen LogP contribution in [0.4, 0.5) is 4.39 Å². The summed E-state index contributed by atoms with van der Waals surface area (Å²) in [5.74, 6) is -1.09. The number of rotatable bonds is 6. The molecule has 6 heteroatoms. The fourth-order valence-corrected chi connectivity index (χ4v) is 3.17. The predicted octanol–water partition coefficient (Wildman–Crippen LogP) is 2.98. The van der Waals surface area contributed by atoms with Crippen LogP contribution in [0.5, 0.6) is 0 Å². The maximum absolute atomic E-state index is 13.2. The van der Waals surface area contributed by atoms with Gasteiger partial charge in [-0.05, 0) is 29.3 Å². The summed E-state index contributed by atoms with van der Waals surface area (Å²) < 4.78 is 23.4. The summed E-state index contributed by atoms with van der Waals surface area (Å²) >= 11 is 0. The van der Waals surface area contributed by atoms with Crippen molar-refractivity contribution in [3.05, 3.63) is 77.1 Å². The fourth-order valence-electron chi connectivity index (χ4n) is 3.17. The lowest BCUT2D eigenvalue weighted by atomic mass is 9.89. The number of esters is 1. The lowest BCUT2D eigenvalue weighted by molar-refractivity contribution is -0.170. The van der Waals surface area contributed by atoms with Gasteiger partial charge in [-0.1, -0.05) is 42.5 Å². The Hall–Kier alpha value is -2.99. The van der Waals surface area contributed by atoms with Gasteiger partial charge in [-0.15, -0.1) is 0 Å². The molecule has 0 aliphatic carbocycles. The molecule has 2 aromatic rings. The van der Waals surface area contributed by atoms with Crippen LogP contribution in [0.15, 0.2) is 60.2 Å². The van der Waals surface area contributed by atoms with Gasteiger partial charge < -0.3 is 14.4 Å². The molecule has 1 saturated heterocycles. The van der Waals surface area contributed by atoms with E-state index in [4.69, 9.17) is 9.47 Å². The number of halogens is 1. The van der Waals surface area contributed by atoms with Crippen LogP contribution in [0.25, 0.3) is 6.08 Å². The van der Waals surface area contributed by atoms with Crippen molar-refractivity contribution in [1.29, 1.82) is 0 Å². The van der Waals surface area contributed by atoms with Gasteiger partial charge in [0.05, 0.1) is 25.3 Å². The second-order valence-corrected chi connectivity index (χ2v) is 6.19. The number of hydrogen-bond acceptors (Lipinski definition) is 4. The van der Waals surface area contributed by atoms with E-state index in [-0.39, 0.29) is 18.3 Å². The van der Waals surface area contributed by atoms with Crippen LogP contribution < -0.4 is 0 Å². The topological polar surface area (TPSA) is 55.8 Å². The molecule has 5 nitrogen and oxygen atoms in total. The molecule has 3 rings (SSSR count). The Morgan fingerprint density at radius 2 is 1.78 bits per heavy atom. The van der Waals surface area contributed by atoms with Crippen molar-refractivity contribution in [2.45, 2.75) is 12.1 Å². The molecule has 0 aromatic heterocycles. The van der Waals surface area contributed by atoms with E-state index in [0.29, 0.717) is 5.57 Å². The van der Waals surface area contributed by atoms with Crippen molar-refractivity contribution in [2.24, 2.45) is 0 Å². The minimum atomic E-state index is -0.661. The first-order valence-electron chi connectivity index (χ1n) is 8.48. The molecule has 2 atom stereocenters. The van der Waals surface area contributed by atoms with Crippen molar-refractivity contribution in [3.63, 3.8) is 0 Å². The molecule has 1 fully saturated rings. The van der Waals surface area contributed by atoms with Gasteiger partial charge in [0.15, 0.2) is 6.10 Å². The zero-order valence-electron chi connectivity index (χ0n) is 15.1. The molecule has 140 valence electrons. The Morgan fingerprint density at radius 3 is 2.37 bits per heavy atom. The van der Waals surface area contributed by atoms with Crippen molar-refractivity contribution in [3.8, 4) is 0 Å². The van der Waals surface area contributed by atoms with Gasteiger partial charge in [0.25, 0.3) is 5.91 Å². The third-order valence-electron chi connectivity index (χ3n) is 4.54.